The first kappa shape index (κ1) is 18.2. The minimum Gasteiger partial charge on any atom is -0.506 e. The molecule has 0 aliphatic heterocycles. The predicted octanol–water partition coefficient (Wildman–Crippen LogP) is 4.97. The normalized spacial score (nSPS) is 10.9. The molecule has 1 N–H and O–H groups in total. The van der Waals surface area contributed by atoms with Crippen LogP contribution in [0.15, 0.2) is 67.0 Å². The van der Waals surface area contributed by atoms with E-state index in [1.165, 1.54) is 24.5 Å². The molecular formula is C21H12Cl2N2O3. The van der Waals surface area contributed by atoms with Crippen molar-refractivity contribution in [1.29, 1.82) is 0 Å². The first-order chi connectivity index (χ1) is 13.5. The lowest BCUT2D eigenvalue weighted by molar-refractivity contribution is 0.0946. The van der Waals surface area contributed by atoms with Crippen molar-refractivity contribution in [1.82, 2.24) is 9.78 Å². The number of hydrogen-bond acceptors (Lipinski definition) is 4. The van der Waals surface area contributed by atoms with E-state index in [1.54, 1.807) is 12.1 Å². The van der Waals surface area contributed by atoms with Crippen molar-refractivity contribution in [3.8, 4) is 5.75 Å². The molecule has 0 aliphatic rings. The van der Waals surface area contributed by atoms with Crippen LogP contribution in [0, 0.1) is 0 Å². The summed E-state index contributed by atoms with van der Waals surface area (Å²) in [5.74, 6) is -1.28. The summed E-state index contributed by atoms with van der Waals surface area (Å²) in [6, 6.07) is 15.6. The molecule has 0 spiro atoms. The van der Waals surface area contributed by atoms with Gasteiger partial charge in [0, 0.05) is 16.8 Å². The molecule has 0 unspecified atom stereocenters. The second-order valence-electron chi connectivity index (χ2n) is 6.12. The van der Waals surface area contributed by atoms with Crippen molar-refractivity contribution >= 4 is 45.7 Å². The topological polar surface area (TPSA) is 72.2 Å². The quantitative estimate of drug-likeness (QED) is 0.484. The summed E-state index contributed by atoms with van der Waals surface area (Å²) in [6.07, 6.45) is 2.58. The highest BCUT2D eigenvalue weighted by Gasteiger charge is 2.20. The molecule has 0 fully saturated rings. The smallest absolute Gasteiger partial charge is 0.278 e. The number of ketones is 1. The molecule has 5 nitrogen and oxygen atoms in total. The minimum absolute atomic E-state index is 0.0323. The van der Waals surface area contributed by atoms with Gasteiger partial charge in [0.15, 0.2) is 5.78 Å². The van der Waals surface area contributed by atoms with Crippen molar-refractivity contribution in [2.45, 2.75) is 0 Å². The Morgan fingerprint density at radius 2 is 1.71 bits per heavy atom. The van der Waals surface area contributed by atoms with Crippen LogP contribution in [0.3, 0.4) is 0 Å². The molecule has 3 aromatic carbocycles. The van der Waals surface area contributed by atoms with E-state index < -0.39 is 5.78 Å². The molecule has 4 rings (SSSR count). The molecule has 0 bridgehead atoms. The number of fused-ring (bicyclic) bond motifs is 1. The number of benzene rings is 3. The van der Waals surface area contributed by atoms with Gasteiger partial charge in [-0.15, -0.1) is 0 Å². The van der Waals surface area contributed by atoms with Gasteiger partial charge in [0.05, 0.1) is 22.3 Å². The third kappa shape index (κ3) is 3.15. The highest BCUT2D eigenvalue weighted by molar-refractivity contribution is 6.36. The molecule has 0 saturated heterocycles. The standard InChI is InChI=1S/C21H12Cl2N2O3/c22-14-8-17(20(27)18(23)9-14)19(26)13-10-24-25(11-13)21(28)16-7-3-5-12-4-1-2-6-15(12)16/h1-11,27H. The summed E-state index contributed by atoms with van der Waals surface area (Å²) in [7, 11) is 0. The third-order valence-electron chi connectivity index (χ3n) is 4.35. The molecule has 1 heterocycles. The minimum atomic E-state index is -0.543. The summed E-state index contributed by atoms with van der Waals surface area (Å²) in [6.45, 7) is 0. The van der Waals surface area contributed by atoms with E-state index in [9.17, 15) is 14.7 Å². The van der Waals surface area contributed by atoms with E-state index in [0.29, 0.717) is 5.56 Å². The average molecular weight is 411 g/mol. The van der Waals surface area contributed by atoms with Crippen molar-refractivity contribution < 1.29 is 14.7 Å². The Balaban J connectivity index is 1.72. The van der Waals surface area contributed by atoms with Crippen LogP contribution in [0.5, 0.6) is 5.75 Å². The van der Waals surface area contributed by atoms with Gasteiger partial charge < -0.3 is 5.11 Å². The fourth-order valence-corrected chi connectivity index (χ4v) is 3.47. The largest absolute Gasteiger partial charge is 0.506 e. The van der Waals surface area contributed by atoms with Crippen LogP contribution in [0.4, 0.5) is 0 Å². The van der Waals surface area contributed by atoms with Gasteiger partial charge in [0.2, 0.25) is 0 Å². The first-order valence-corrected chi connectivity index (χ1v) is 9.01. The van der Waals surface area contributed by atoms with E-state index in [0.717, 1.165) is 15.5 Å². The highest BCUT2D eigenvalue weighted by atomic mass is 35.5. The molecule has 0 radical (unpaired) electrons. The fraction of sp³-hybridized carbons (Fsp3) is 0. The molecule has 28 heavy (non-hydrogen) atoms. The van der Waals surface area contributed by atoms with Crippen LogP contribution in [0.25, 0.3) is 10.8 Å². The highest BCUT2D eigenvalue weighted by Crippen LogP contribution is 2.32. The molecular weight excluding hydrogens is 399 g/mol. The molecule has 138 valence electrons. The maximum atomic E-state index is 12.9. The summed E-state index contributed by atoms with van der Waals surface area (Å²) in [5, 5.41) is 16.0. The van der Waals surface area contributed by atoms with Crippen molar-refractivity contribution in [3.05, 3.63) is 93.7 Å². The zero-order valence-corrected chi connectivity index (χ0v) is 15.8. The van der Waals surface area contributed by atoms with Gasteiger partial charge in [-0.2, -0.15) is 5.10 Å². The number of phenolic OH excluding ortho intramolecular Hbond substituents is 1. The first-order valence-electron chi connectivity index (χ1n) is 8.25. The number of phenols is 1. The maximum absolute atomic E-state index is 12.9. The molecule has 1 aromatic heterocycles. The number of aromatic nitrogens is 2. The summed E-state index contributed by atoms with van der Waals surface area (Å²) >= 11 is 11.8. The Labute approximate surface area is 169 Å². The van der Waals surface area contributed by atoms with Gasteiger partial charge in [-0.05, 0) is 29.0 Å². The van der Waals surface area contributed by atoms with Gasteiger partial charge in [-0.3, -0.25) is 9.59 Å². The molecule has 4 aromatic rings. The van der Waals surface area contributed by atoms with Crippen molar-refractivity contribution in [2.24, 2.45) is 0 Å². The summed E-state index contributed by atoms with van der Waals surface area (Å²) in [5.41, 5.74) is 0.533. The van der Waals surface area contributed by atoms with Gasteiger partial charge >= 0.3 is 0 Å². The van der Waals surface area contributed by atoms with E-state index in [-0.39, 0.29) is 32.8 Å². The summed E-state index contributed by atoms with van der Waals surface area (Å²) < 4.78 is 1.10. The number of carbonyl (C=O) groups is 2. The van der Waals surface area contributed by atoms with Crippen LogP contribution < -0.4 is 0 Å². The lowest BCUT2D eigenvalue weighted by Gasteiger charge is -2.06. The Morgan fingerprint density at radius 1 is 0.964 bits per heavy atom. The number of halogens is 2. The SMILES string of the molecule is O=C(c1cnn(C(=O)c2cccc3ccccc23)c1)c1cc(Cl)cc(Cl)c1O. The number of nitrogens with zero attached hydrogens (tertiary/aromatic N) is 2. The molecule has 0 saturated carbocycles. The van der Waals surface area contributed by atoms with Crippen LogP contribution >= 0.6 is 23.2 Å². The van der Waals surface area contributed by atoms with Crippen LogP contribution in [-0.2, 0) is 0 Å². The number of rotatable bonds is 3. The monoisotopic (exact) mass is 410 g/mol. The lowest BCUT2D eigenvalue weighted by Crippen LogP contribution is -2.13. The second-order valence-corrected chi connectivity index (χ2v) is 6.96. The van der Waals surface area contributed by atoms with Crippen molar-refractivity contribution in [3.63, 3.8) is 0 Å². The molecule has 0 aliphatic carbocycles. The number of carbonyl (C=O) groups excluding carboxylic acids is 2. The summed E-state index contributed by atoms with van der Waals surface area (Å²) in [4.78, 5) is 25.6. The third-order valence-corrected chi connectivity index (χ3v) is 4.85. The van der Waals surface area contributed by atoms with Crippen molar-refractivity contribution in [2.75, 3.05) is 0 Å². The van der Waals surface area contributed by atoms with Gasteiger partial charge in [-0.25, -0.2) is 4.68 Å². The van der Waals surface area contributed by atoms with E-state index in [4.69, 9.17) is 23.2 Å². The van der Waals surface area contributed by atoms with E-state index >= 15 is 0 Å². The molecule has 0 atom stereocenters. The molecule has 0 amide bonds. The Hall–Kier alpha value is -3.15. The van der Waals surface area contributed by atoms with Gasteiger partial charge in [0.1, 0.15) is 5.75 Å². The lowest BCUT2D eigenvalue weighted by atomic mass is 10.0. The van der Waals surface area contributed by atoms with Crippen LogP contribution in [0.2, 0.25) is 10.0 Å². The fourth-order valence-electron chi connectivity index (χ4n) is 2.98. The van der Waals surface area contributed by atoms with Gasteiger partial charge in [0.25, 0.3) is 5.91 Å². The van der Waals surface area contributed by atoms with E-state index in [1.807, 2.05) is 30.3 Å². The van der Waals surface area contributed by atoms with Crippen LogP contribution in [-0.4, -0.2) is 26.6 Å². The Kier molecular flexibility index (Phi) is 4.63. The maximum Gasteiger partial charge on any atom is 0.278 e. The zero-order valence-electron chi connectivity index (χ0n) is 14.3. The second kappa shape index (κ2) is 7.11. The number of aromatic hydroxyl groups is 1. The van der Waals surface area contributed by atoms with E-state index in [2.05, 4.69) is 5.10 Å². The number of hydrogen-bond donors (Lipinski definition) is 1. The average Bonchev–Trinajstić information content (AvgIpc) is 3.19. The Bertz CT molecular complexity index is 1240. The molecule has 7 heteroatoms. The van der Waals surface area contributed by atoms with Gasteiger partial charge in [-0.1, -0.05) is 59.6 Å². The Morgan fingerprint density at radius 3 is 2.54 bits per heavy atom. The van der Waals surface area contributed by atoms with Crippen LogP contribution in [0.1, 0.15) is 26.3 Å². The zero-order chi connectivity index (χ0) is 19.8. The predicted molar refractivity (Wildman–Crippen MR) is 107 cm³/mol.